The van der Waals surface area contributed by atoms with Crippen molar-refractivity contribution in [2.45, 2.75) is 51.5 Å². The molecule has 0 amide bonds. The fourth-order valence-electron chi connectivity index (χ4n) is 1.42. The van der Waals surface area contributed by atoms with Crippen LogP contribution in [0.25, 0.3) is 0 Å². The van der Waals surface area contributed by atoms with Gasteiger partial charge in [-0.15, -0.1) is 0 Å². The Morgan fingerprint density at radius 1 is 1.06 bits per heavy atom. The van der Waals surface area contributed by atoms with Crippen molar-refractivity contribution in [3.8, 4) is 0 Å². The first-order valence-electron chi connectivity index (χ1n) is 6.22. The van der Waals surface area contributed by atoms with Crippen molar-refractivity contribution in [3.63, 3.8) is 0 Å². The molecule has 0 heterocycles. The Morgan fingerprint density at radius 2 is 1.56 bits per heavy atom. The van der Waals surface area contributed by atoms with Crippen LogP contribution in [-0.2, 0) is 9.53 Å². The van der Waals surface area contributed by atoms with E-state index in [1.807, 2.05) is 0 Å². The van der Waals surface area contributed by atoms with Gasteiger partial charge < -0.3 is 4.74 Å². The third-order valence-electron chi connectivity index (χ3n) is 2.44. The molecule has 0 N–H and O–H groups in total. The minimum Gasteiger partial charge on any atom is -0.462 e. The van der Waals surface area contributed by atoms with Crippen LogP contribution >= 0.6 is 65.4 Å². The number of unbranched alkanes of at least 4 members (excludes halogenated alkanes) is 5. The molecule has 6 heteroatoms. The number of halogens is 3. The molecule has 0 rings (SSSR count). The molecule has 0 aromatic carbocycles. The summed E-state index contributed by atoms with van der Waals surface area (Å²) in [4.78, 5) is 11.1. The summed E-state index contributed by atoms with van der Waals surface area (Å²) in [6.07, 6.45) is 7.40. The van der Waals surface area contributed by atoms with Crippen LogP contribution in [0, 0.1) is 0 Å². The van der Waals surface area contributed by atoms with Crippen molar-refractivity contribution >= 4 is 71.9 Å². The smallest absolute Gasteiger partial charge is 0.333 e. The van der Waals surface area contributed by atoms with Crippen LogP contribution in [0.5, 0.6) is 0 Å². The van der Waals surface area contributed by atoms with Crippen LogP contribution in [0.3, 0.4) is 0 Å². The van der Waals surface area contributed by atoms with Crippen molar-refractivity contribution < 1.29 is 9.53 Å². The van der Waals surface area contributed by atoms with Crippen molar-refractivity contribution in [2.24, 2.45) is 0 Å². The second kappa shape index (κ2) is 11.3. The van der Waals surface area contributed by atoms with E-state index >= 15 is 0 Å². The quantitative estimate of drug-likeness (QED) is 0.0799. The lowest BCUT2D eigenvalue weighted by molar-refractivity contribution is -0.139. The van der Waals surface area contributed by atoms with E-state index in [1.54, 1.807) is 6.92 Å². The normalized spacial score (nSPS) is 11.3. The zero-order valence-electron chi connectivity index (χ0n) is 10.8. The van der Waals surface area contributed by atoms with Crippen LogP contribution in [0.15, 0.2) is 12.2 Å². The molecule has 0 atom stereocenters. The maximum atomic E-state index is 11.1. The Kier molecular flexibility index (Phi) is 12.3. The summed E-state index contributed by atoms with van der Waals surface area (Å²) in [5, 5.41) is 0. The number of hydrogen-bond donors (Lipinski definition) is 0. The van der Waals surface area contributed by atoms with Crippen molar-refractivity contribution in [1.29, 1.82) is 0 Å². The number of rotatable bonds is 10. The monoisotopic (exact) mass is 606 g/mol. The molecule has 0 unspecified atom stereocenters. The second-order valence-electron chi connectivity index (χ2n) is 4.40. The molecule has 18 heavy (non-hydrogen) atoms. The number of carbonyl (C=O) groups is 1. The third kappa shape index (κ3) is 14.0. The predicted molar refractivity (Wildman–Crippen MR) is 106 cm³/mol. The summed E-state index contributed by atoms with van der Waals surface area (Å²) in [7, 11) is 0. The topological polar surface area (TPSA) is 26.3 Å². The maximum absolute atomic E-state index is 11.1. The summed E-state index contributed by atoms with van der Waals surface area (Å²) in [5.41, 5.74) is 0.485. The molecule has 0 aliphatic heterocycles. The highest BCUT2D eigenvalue weighted by molar-refractivity contribution is 14.4. The molecule has 0 saturated carbocycles. The average molecular weight is 606 g/mol. The van der Waals surface area contributed by atoms with Gasteiger partial charge in [-0.1, -0.05) is 104 Å². The molecule has 0 saturated heterocycles. The Morgan fingerprint density at radius 3 is 2.06 bits per heavy atom. The highest BCUT2D eigenvalue weighted by atomic mass is 127. The van der Waals surface area contributed by atoms with Gasteiger partial charge in [-0.2, -0.15) is 0 Å². The zero-order chi connectivity index (χ0) is 14.0. The van der Waals surface area contributed by atoms with Crippen LogP contribution in [-0.4, -0.2) is 13.1 Å². The molecule has 0 fully saturated rings. The van der Waals surface area contributed by atoms with Gasteiger partial charge >= 0.3 is 5.97 Å². The Hall–Kier alpha value is 1.62. The summed E-state index contributed by atoms with van der Waals surface area (Å²) in [6.45, 7) is 5.77. The average Bonchev–Trinajstić information content (AvgIpc) is 2.24. The number of ether oxygens (including phenoxy) is 1. The molecule has 0 aliphatic rings. The van der Waals surface area contributed by atoms with Gasteiger partial charge in [-0.25, -0.2) is 4.79 Å². The molecule has 0 aromatic rings. The largest absolute Gasteiger partial charge is 0.462 e. The SMILES string of the molecule is C=C(C)C(=O)OCCCCCCCC[Si](I)(I)I. The minimum absolute atomic E-state index is 0.262. The molecule has 0 bridgehead atoms. The van der Waals surface area contributed by atoms with Gasteiger partial charge in [-0.05, 0) is 19.4 Å². The van der Waals surface area contributed by atoms with E-state index in [9.17, 15) is 4.79 Å². The summed E-state index contributed by atoms with van der Waals surface area (Å²) in [6, 6.07) is 1.41. The van der Waals surface area contributed by atoms with E-state index in [4.69, 9.17) is 4.74 Å². The van der Waals surface area contributed by atoms with E-state index < -0.39 is 0.564 Å². The van der Waals surface area contributed by atoms with E-state index in [0.29, 0.717) is 12.2 Å². The molecule has 0 spiro atoms. The van der Waals surface area contributed by atoms with Gasteiger partial charge in [-0.3, -0.25) is 0 Å². The molecule has 106 valence electrons. The van der Waals surface area contributed by atoms with Crippen LogP contribution in [0.2, 0.25) is 6.04 Å². The molecule has 0 radical (unpaired) electrons. The summed E-state index contributed by atoms with van der Waals surface area (Å²) >= 11 is 7.87. The Labute approximate surface area is 150 Å². The Bertz CT molecular complexity index is 265. The van der Waals surface area contributed by atoms with Crippen LogP contribution < -0.4 is 0 Å². The van der Waals surface area contributed by atoms with E-state index in [-0.39, 0.29) is 5.97 Å². The highest BCUT2D eigenvalue weighted by Crippen LogP contribution is 2.35. The predicted octanol–water partition coefficient (Wildman–Crippen LogP) is 5.69. The van der Waals surface area contributed by atoms with Gasteiger partial charge in [0.2, 0.25) is 0 Å². The first-order chi connectivity index (χ1) is 8.33. The lowest BCUT2D eigenvalue weighted by Gasteiger charge is -2.08. The lowest BCUT2D eigenvalue weighted by Crippen LogP contribution is -2.06. The zero-order valence-corrected chi connectivity index (χ0v) is 18.3. The third-order valence-corrected chi connectivity index (χ3v) is 8.21. The van der Waals surface area contributed by atoms with Gasteiger partial charge in [0.1, 0.15) is 0 Å². The van der Waals surface area contributed by atoms with Crippen molar-refractivity contribution in [1.82, 2.24) is 0 Å². The van der Waals surface area contributed by atoms with Gasteiger partial charge in [0.05, 0.1) is 6.61 Å². The number of hydrogen-bond acceptors (Lipinski definition) is 2. The van der Waals surface area contributed by atoms with E-state index in [1.165, 1.54) is 31.7 Å². The van der Waals surface area contributed by atoms with E-state index in [2.05, 4.69) is 72.0 Å². The van der Waals surface area contributed by atoms with Crippen LogP contribution in [0.1, 0.15) is 45.4 Å². The molecule has 0 aliphatic carbocycles. The number of carbonyl (C=O) groups excluding carboxylic acids is 1. The van der Waals surface area contributed by atoms with Crippen molar-refractivity contribution in [3.05, 3.63) is 12.2 Å². The van der Waals surface area contributed by atoms with Crippen LogP contribution in [0.4, 0.5) is 0 Å². The fourth-order valence-corrected chi connectivity index (χ4v) is 5.51. The maximum Gasteiger partial charge on any atom is 0.333 e. The molecular weight excluding hydrogens is 585 g/mol. The lowest BCUT2D eigenvalue weighted by atomic mass is 10.1. The minimum atomic E-state index is -0.918. The van der Waals surface area contributed by atoms with Crippen molar-refractivity contribution in [2.75, 3.05) is 6.61 Å². The van der Waals surface area contributed by atoms with E-state index in [0.717, 1.165) is 12.8 Å². The molecular formula is C12H21I3O2Si. The van der Waals surface area contributed by atoms with Gasteiger partial charge in [0, 0.05) is 5.57 Å². The second-order valence-corrected chi connectivity index (χ2v) is 41.3. The summed E-state index contributed by atoms with van der Waals surface area (Å²) in [5.74, 6) is -0.262. The molecule has 0 aromatic heterocycles. The van der Waals surface area contributed by atoms with Gasteiger partial charge in [0.25, 0.3) is 0.564 Å². The summed E-state index contributed by atoms with van der Waals surface area (Å²) < 4.78 is 4.12. The van der Waals surface area contributed by atoms with Gasteiger partial charge in [0.15, 0.2) is 0 Å². The fraction of sp³-hybridized carbons (Fsp3) is 0.750. The molecule has 2 nitrogen and oxygen atoms in total. The number of esters is 1. The first-order valence-corrected chi connectivity index (χ1v) is 17.8. The highest BCUT2D eigenvalue weighted by Gasteiger charge is 2.19. The standard InChI is InChI=1S/C12H21I3O2Si/c1-11(2)12(16)17-9-7-5-3-4-6-8-10-18(13,14)15/h1,3-10H2,2H3. The Balaban J connectivity index is 3.22. The first kappa shape index (κ1) is 19.6.